The number of nitro benzene ring substituents is 1. The molecule has 1 aromatic heterocycles. The van der Waals surface area contributed by atoms with Gasteiger partial charge in [-0.25, -0.2) is 0 Å². The number of nitrogens with zero attached hydrogens (tertiary/aromatic N) is 2. The monoisotopic (exact) mass is 434 g/mol. The summed E-state index contributed by atoms with van der Waals surface area (Å²) in [7, 11) is 0. The summed E-state index contributed by atoms with van der Waals surface area (Å²) < 4.78 is 0. The molecule has 1 unspecified atom stereocenters. The fraction of sp³-hybridized carbons (Fsp3) is 0.130. The van der Waals surface area contributed by atoms with Crippen LogP contribution in [-0.2, 0) is 11.2 Å². The van der Waals surface area contributed by atoms with E-state index in [0.29, 0.717) is 16.9 Å². The minimum atomic E-state index is -0.827. The number of benzene rings is 2. The molecule has 1 aliphatic heterocycles. The molecule has 0 saturated carbocycles. The third-order valence-corrected chi connectivity index (χ3v) is 6.07. The van der Waals surface area contributed by atoms with Crippen LogP contribution in [0.15, 0.2) is 83.4 Å². The number of Topliss-reactive ketones (excluding diaryl/α,β-unsaturated/α-hetero) is 1. The molecule has 2 aromatic carbocycles. The van der Waals surface area contributed by atoms with Crippen molar-refractivity contribution < 1.29 is 19.6 Å². The minimum absolute atomic E-state index is 0.00522. The van der Waals surface area contributed by atoms with E-state index in [1.165, 1.54) is 40.5 Å². The van der Waals surface area contributed by atoms with Crippen LogP contribution in [0.2, 0.25) is 0 Å². The standard InChI is InChI=1S/C23H18N2O5S/c26-21(18-7-4-14-31-18)19-20(16-8-10-17(11-9-16)25(29)30)24(23(28)22(19)27)13-12-15-5-2-1-3-6-15/h1-11,14,20,27H,12-13H2. The molecule has 1 aliphatic rings. The smallest absolute Gasteiger partial charge is 0.290 e. The summed E-state index contributed by atoms with van der Waals surface area (Å²) in [5, 5.41) is 23.4. The third-order valence-electron chi connectivity index (χ3n) is 5.20. The number of aliphatic hydroxyl groups is 1. The van der Waals surface area contributed by atoms with Gasteiger partial charge >= 0.3 is 0 Å². The summed E-state index contributed by atoms with van der Waals surface area (Å²) in [6.07, 6.45) is 0.532. The molecule has 2 heterocycles. The first-order valence-electron chi connectivity index (χ1n) is 9.58. The zero-order valence-corrected chi connectivity index (χ0v) is 17.1. The van der Waals surface area contributed by atoms with Crippen LogP contribution in [0.1, 0.15) is 26.8 Å². The zero-order valence-electron chi connectivity index (χ0n) is 16.3. The van der Waals surface area contributed by atoms with Gasteiger partial charge < -0.3 is 10.0 Å². The van der Waals surface area contributed by atoms with Crippen LogP contribution in [0.3, 0.4) is 0 Å². The van der Waals surface area contributed by atoms with Crippen LogP contribution in [0, 0.1) is 10.1 Å². The second-order valence-corrected chi connectivity index (χ2v) is 8.00. The predicted octanol–water partition coefficient (Wildman–Crippen LogP) is 4.48. The molecular weight excluding hydrogens is 416 g/mol. The Morgan fingerprint density at radius 3 is 2.39 bits per heavy atom. The van der Waals surface area contributed by atoms with Gasteiger partial charge in [-0.15, -0.1) is 11.3 Å². The van der Waals surface area contributed by atoms with Crippen molar-refractivity contribution in [2.45, 2.75) is 12.5 Å². The molecule has 0 fully saturated rings. The lowest BCUT2D eigenvalue weighted by molar-refractivity contribution is -0.384. The van der Waals surface area contributed by atoms with E-state index in [2.05, 4.69) is 0 Å². The van der Waals surface area contributed by atoms with E-state index >= 15 is 0 Å². The molecular formula is C23H18N2O5S. The Kier molecular flexibility index (Phi) is 5.64. The Morgan fingerprint density at radius 2 is 1.77 bits per heavy atom. The van der Waals surface area contributed by atoms with Crippen molar-refractivity contribution in [3.8, 4) is 0 Å². The van der Waals surface area contributed by atoms with Crippen LogP contribution in [0.5, 0.6) is 0 Å². The van der Waals surface area contributed by atoms with Crippen molar-refractivity contribution >= 4 is 28.7 Å². The van der Waals surface area contributed by atoms with Gasteiger partial charge in [-0.3, -0.25) is 19.7 Å². The second kappa shape index (κ2) is 8.53. The van der Waals surface area contributed by atoms with E-state index in [1.54, 1.807) is 17.5 Å². The molecule has 1 amide bonds. The number of carbonyl (C=O) groups excluding carboxylic acids is 2. The minimum Gasteiger partial charge on any atom is -0.503 e. The van der Waals surface area contributed by atoms with Crippen molar-refractivity contribution in [3.05, 3.63) is 110 Å². The Labute approximate surface area is 182 Å². The first kappa shape index (κ1) is 20.5. The number of carbonyl (C=O) groups is 2. The predicted molar refractivity (Wildman–Crippen MR) is 116 cm³/mol. The number of amides is 1. The molecule has 0 radical (unpaired) electrons. The lowest BCUT2D eigenvalue weighted by Gasteiger charge is -2.26. The maximum atomic E-state index is 13.1. The highest BCUT2D eigenvalue weighted by Gasteiger charge is 2.43. The third kappa shape index (κ3) is 3.97. The molecule has 31 heavy (non-hydrogen) atoms. The summed E-state index contributed by atoms with van der Waals surface area (Å²) in [4.78, 5) is 38.5. The number of nitro groups is 1. The van der Waals surface area contributed by atoms with E-state index in [4.69, 9.17) is 0 Å². The van der Waals surface area contributed by atoms with Crippen LogP contribution in [-0.4, -0.2) is 33.2 Å². The van der Waals surface area contributed by atoms with Gasteiger partial charge in [-0.05, 0) is 41.1 Å². The number of ketones is 1. The topological polar surface area (TPSA) is 101 Å². The first-order valence-corrected chi connectivity index (χ1v) is 10.5. The normalized spacial score (nSPS) is 16.1. The summed E-state index contributed by atoms with van der Waals surface area (Å²) in [5.74, 6) is -1.62. The van der Waals surface area contributed by atoms with Gasteiger partial charge in [0, 0.05) is 18.7 Å². The molecule has 1 N–H and O–H groups in total. The fourth-order valence-corrected chi connectivity index (χ4v) is 4.35. The Bertz CT molecular complexity index is 1150. The Balaban J connectivity index is 1.72. The van der Waals surface area contributed by atoms with Gasteiger partial charge in [0.2, 0.25) is 5.78 Å². The lowest BCUT2D eigenvalue weighted by Crippen LogP contribution is -2.33. The number of non-ortho nitro benzene ring substituents is 1. The number of hydrogen-bond acceptors (Lipinski definition) is 6. The maximum absolute atomic E-state index is 13.1. The van der Waals surface area contributed by atoms with E-state index < -0.39 is 28.4 Å². The average Bonchev–Trinajstić information content (AvgIpc) is 3.41. The summed E-state index contributed by atoms with van der Waals surface area (Å²) in [6, 6.07) is 17.8. The van der Waals surface area contributed by atoms with Crippen molar-refractivity contribution in [1.82, 2.24) is 4.90 Å². The van der Waals surface area contributed by atoms with Crippen molar-refractivity contribution in [3.63, 3.8) is 0 Å². The highest BCUT2D eigenvalue weighted by molar-refractivity contribution is 7.12. The van der Waals surface area contributed by atoms with Gasteiger partial charge in [-0.1, -0.05) is 36.4 Å². The van der Waals surface area contributed by atoms with Crippen LogP contribution in [0.25, 0.3) is 0 Å². The van der Waals surface area contributed by atoms with Crippen LogP contribution < -0.4 is 0 Å². The molecule has 8 heteroatoms. The van der Waals surface area contributed by atoms with Gasteiger partial charge in [0.05, 0.1) is 21.4 Å². The largest absolute Gasteiger partial charge is 0.503 e. The second-order valence-electron chi connectivity index (χ2n) is 7.05. The van der Waals surface area contributed by atoms with E-state index in [1.807, 2.05) is 30.3 Å². The fourth-order valence-electron chi connectivity index (χ4n) is 3.68. The average molecular weight is 434 g/mol. The molecule has 156 valence electrons. The van der Waals surface area contributed by atoms with Gasteiger partial charge in [0.25, 0.3) is 11.6 Å². The highest BCUT2D eigenvalue weighted by atomic mass is 32.1. The van der Waals surface area contributed by atoms with Gasteiger partial charge in [-0.2, -0.15) is 0 Å². The quantitative estimate of drug-likeness (QED) is 0.336. The first-order chi connectivity index (χ1) is 15.0. The number of aliphatic hydroxyl groups excluding tert-OH is 1. The number of rotatable bonds is 7. The maximum Gasteiger partial charge on any atom is 0.290 e. The molecule has 0 bridgehead atoms. The molecule has 7 nitrogen and oxygen atoms in total. The lowest BCUT2D eigenvalue weighted by atomic mass is 9.95. The van der Waals surface area contributed by atoms with Gasteiger partial charge in [0.1, 0.15) is 0 Å². The summed E-state index contributed by atoms with van der Waals surface area (Å²) in [6.45, 7) is 0.274. The molecule has 1 atom stereocenters. The SMILES string of the molecule is O=C(C1=C(O)C(=O)N(CCc2ccccc2)C1c1ccc([N+](=O)[O-])cc1)c1cccs1. The molecule has 0 spiro atoms. The van der Waals surface area contributed by atoms with Crippen LogP contribution in [0.4, 0.5) is 5.69 Å². The van der Waals surface area contributed by atoms with Crippen molar-refractivity contribution in [2.24, 2.45) is 0 Å². The van der Waals surface area contributed by atoms with E-state index in [0.717, 1.165) is 5.56 Å². The van der Waals surface area contributed by atoms with Crippen molar-refractivity contribution in [2.75, 3.05) is 6.54 Å². The number of hydrogen-bond donors (Lipinski definition) is 1. The van der Waals surface area contributed by atoms with E-state index in [-0.39, 0.29) is 17.8 Å². The Morgan fingerprint density at radius 1 is 1.06 bits per heavy atom. The summed E-state index contributed by atoms with van der Waals surface area (Å²) >= 11 is 1.22. The molecule has 0 saturated heterocycles. The van der Waals surface area contributed by atoms with Crippen LogP contribution >= 0.6 is 11.3 Å². The zero-order chi connectivity index (χ0) is 22.0. The Hall–Kier alpha value is -3.78. The number of thiophene rings is 1. The molecule has 4 rings (SSSR count). The molecule has 0 aliphatic carbocycles. The molecule has 3 aromatic rings. The van der Waals surface area contributed by atoms with E-state index in [9.17, 15) is 24.8 Å². The highest BCUT2D eigenvalue weighted by Crippen LogP contribution is 2.40. The van der Waals surface area contributed by atoms with Gasteiger partial charge in [0.15, 0.2) is 5.76 Å². The summed E-state index contributed by atoms with van der Waals surface area (Å²) in [5.41, 5.74) is 1.43. The van der Waals surface area contributed by atoms with Crippen molar-refractivity contribution in [1.29, 1.82) is 0 Å².